The number of carbonyl (C=O) groups excluding carboxylic acids is 1. The fourth-order valence-corrected chi connectivity index (χ4v) is 2.44. The predicted molar refractivity (Wildman–Crippen MR) is 81.8 cm³/mol. The molecule has 22 heavy (non-hydrogen) atoms. The number of hydrogen-bond acceptors (Lipinski definition) is 5. The van der Waals surface area contributed by atoms with E-state index in [9.17, 15) is 4.79 Å². The van der Waals surface area contributed by atoms with Crippen LogP contribution in [0.3, 0.4) is 0 Å². The second-order valence-electron chi connectivity index (χ2n) is 5.45. The normalized spacial score (nSPS) is 19.3. The smallest absolute Gasteiger partial charge is 0.228 e. The zero-order valence-electron chi connectivity index (χ0n) is 12.1. The van der Waals surface area contributed by atoms with Crippen LogP contribution in [-0.4, -0.2) is 15.9 Å². The molecule has 1 aliphatic rings. The molecule has 1 aromatic heterocycles. The first kappa shape index (κ1) is 14.0. The summed E-state index contributed by atoms with van der Waals surface area (Å²) in [6.45, 7) is 1.90. The molecular formula is C16H15N5O. The molecule has 0 spiro atoms. The van der Waals surface area contributed by atoms with Gasteiger partial charge in [-0.25, -0.2) is 9.97 Å². The highest BCUT2D eigenvalue weighted by Crippen LogP contribution is 2.46. The topological polar surface area (TPSA) is 105 Å². The molecule has 1 aliphatic carbocycles. The predicted octanol–water partition coefficient (Wildman–Crippen LogP) is 1.98. The summed E-state index contributed by atoms with van der Waals surface area (Å²) in [5.41, 5.74) is 8.02. The molecule has 1 aromatic carbocycles. The van der Waals surface area contributed by atoms with Crippen molar-refractivity contribution in [3.8, 4) is 6.07 Å². The molecule has 3 N–H and O–H groups in total. The number of benzene rings is 1. The van der Waals surface area contributed by atoms with E-state index in [0.29, 0.717) is 22.8 Å². The van der Waals surface area contributed by atoms with E-state index in [1.54, 1.807) is 24.4 Å². The van der Waals surface area contributed by atoms with Gasteiger partial charge in [-0.05, 0) is 37.6 Å². The monoisotopic (exact) mass is 293 g/mol. The molecular weight excluding hydrogens is 278 g/mol. The molecule has 0 radical (unpaired) electrons. The van der Waals surface area contributed by atoms with Crippen molar-refractivity contribution in [2.45, 2.75) is 19.3 Å². The number of nitrogens with one attached hydrogen (secondary N) is 1. The summed E-state index contributed by atoms with van der Waals surface area (Å²) >= 11 is 0. The summed E-state index contributed by atoms with van der Waals surface area (Å²) in [5.74, 6) is 0.556. The second kappa shape index (κ2) is 5.45. The molecule has 6 heteroatoms. The molecule has 2 aromatic rings. The molecule has 0 unspecified atom stereocenters. The van der Waals surface area contributed by atoms with Crippen LogP contribution in [0.15, 0.2) is 30.5 Å². The number of rotatable bonds is 3. The minimum Gasteiger partial charge on any atom is -0.399 e. The molecule has 1 saturated carbocycles. The number of aromatic nitrogens is 2. The third-order valence-corrected chi connectivity index (χ3v) is 3.62. The van der Waals surface area contributed by atoms with Gasteiger partial charge in [-0.2, -0.15) is 5.26 Å². The summed E-state index contributed by atoms with van der Waals surface area (Å²) in [6.07, 6.45) is 2.45. The summed E-state index contributed by atoms with van der Waals surface area (Å²) in [7, 11) is 0. The third kappa shape index (κ3) is 2.88. The van der Waals surface area contributed by atoms with Crippen LogP contribution in [0.5, 0.6) is 0 Å². The van der Waals surface area contributed by atoms with Crippen LogP contribution in [0.1, 0.15) is 29.4 Å². The third-order valence-electron chi connectivity index (χ3n) is 3.62. The van der Waals surface area contributed by atoms with Gasteiger partial charge in [0.05, 0.1) is 11.6 Å². The molecule has 110 valence electrons. The van der Waals surface area contributed by atoms with E-state index in [1.807, 2.05) is 19.1 Å². The Labute approximate surface area is 128 Å². The molecule has 0 saturated heterocycles. The van der Waals surface area contributed by atoms with Crippen LogP contribution in [0, 0.1) is 24.2 Å². The number of amides is 1. The van der Waals surface area contributed by atoms with Crippen LogP contribution < -0.4 is 11.1 Å². The highest BCUT2D eigenvalue weighted by atomic mass is 16.2. The number of nitrogen functional groups attached to an aromatic ring is 1. The average molecular weight is 293 g/mol. The highest BCUT2D eigenvalue weighted by Gasteiger charge is 2.46. The Morgan fingerprint density at radius 1 is 1.45 bits per heavy atom. The molecule has 1 fully saturated rings. The lowest BCUT2D eigenvalue weighted by Gasteiger charge is -2.06. The van der Waals surface area contributed by atoms with E-state index in [2.05, 4.69) is 15.3 Å². The van der Waals surface area contributed by atoms with Crippen LogP contribution in [0.25, 0.3) is 0 Å². The fourth-order valence-electron chi connectivity index (χ4n) is 2.44. The molecule has 1 amide bonds. The lowest BCUT2D eigenvalue weighted by atomic mass is 10.2. The maximum Gasteiger partial charge on any atom is 0.228 e. The van der Waals surface area contributed by atoms with Crippen LogP contribution in [0.4, 0.5) is 11.4 Å². The van der Waals surface area contributed by atoms with Gasteiger partial charge in [-0.3, -0.25) is 4.79 Å². The van der Waals surface area contributed by atoms with Crippen molar-refractivity contribution in [3.63, 3.8) is 0 Å². The summed E-state index contributed by atoms with van der Waals surface area (Å²) in [5, 5.41) is 11.7. The van der Waals surface area contributed by atoms with E-state index in [4.69, 9.17) is 11.0 Å². The molecule has 3 rings (SSSR count). The number of carbonyl (C=O) groups is 1. The van der Waals surface area contributed by atoms with Crippen molar-refractivity contribution in [2.75, 3.05) is 11.1 Å². The minimum absolute atomic E-state index is 0.0661. The second-order valence-corrected chi connectivity index (χ2v) is 5.45. The molecule has 6 nitrogen and oxygen atoms in total. The summed E-state index contributed by atoms with van der Waals surface area (Å²) < 4.78 is 0. The van der Waals surface area contributed by atoms with Gasteiger partial charge < -0.3 is 11.1 Å². The standard InChI is InChI=1S/C16H15N5O/c1-9-2-3-19-15(20-9)13-7-14(13)16(22)21-12-5-10(8-17)4-11(18)6-12/h2-6,13-14H,7,18H2,1H3,(H,21,22)/t13-,14-/m0/s1. The zero-order valence-corrected chi connectivity index (χ0v) is 12.1. The first-order chi connectivity index (χ1) is 10.6. The van der Waals surface area contributed by atoms with Gasteiger partial charge in [-0.1, -0.05) is 0 Å². The highest BCUT2D eigenvalue weighted by molar-refractivity contribution is 5.95. The van der Waals surface area contributed by atoms with Crippen LogP contribution in [0.2, 0.25) is 0 Å². The fraction of sp³-hybridized carbons (Fsp3) is 0.250. The van der Waals surface area contributed by atoms with Gasteiger partial charge in [0.25, 0.3) is 0 Å². The molecule has 1 heterocycles. The Morgan fingerprint density at radius 3 is 3.00 bits per heavy atom. The number of nitrogens with zero attached hydrogens (tertiary/aromatic N) is 3. The van der Waals surface area contributed by atoms with E-state index < -0.39 is 0 Å². The van der Waals surface area contributed by atoms with Gasteiger partial charge in [0.2, 0.25) is 5.91 Å². The van der Waals surface area contributed by atoms with Crippen molar-refractivity contribution in [3.05, 3.63) is 47.5 Å². The Kier molecular flexibility index (Phi) is 3.47. The van der Waals surface area contributed by atoms with Crippen molar-refractivity contribution < 1.29 is 4.79 Å². The van der Waals surface area contributed by atoms with Gasteiger partial charge in [-0.15, -0.1) is 0 Å². The summed E-state index contributed by atoms with van der Waals surface area (Å²) in [4.78, 5) is 20.9. The van der Waals surface area contributed by atoms with Crippen LogP contribution >= 0.6 is 0 Å². The van der Waals surface area contributed by atoms with Crippen molar-refractivity contribution in [2.24, 2.45) is 5.92 Å². The van der Waals surface area contributed by atoms with Crippen LogP contribution in [-0.2, 0) is 4.79 Å². The van der Waals surface area contributed by atoms with E-state index in [-0.39, 0.29) is 17.7 Å². The van der Waals surface area contributed by atoms with Gasteiger partial charge in [0.1, 0.15) is 5.82 Å². The first-order valence-corrected chi connectivity index (χ1v) is 6.98. The van der Waals surface area contributed by atoms with Crippen molar-refractivity contribution in [1.82, 2.24) is 9.97 Å². The molecule has 0 aliphatic heterocycles. The first-order valence-electron chi connectivity index (χ1n) is 6.98. The lowest BCUT2D eigenvalue weighted by Crippen LogP contribution is -2.15. The zero-order chi connectivity index (χ0) is 15.7. The quantitative estimate of drug-likeness (QED) is 0.842. The van der Waals surface area contributed by atoms with Crippen molar-refractivity contribution >= 4 is 17.3 Å². The van der Waals surface area contributed by atoms with Gasteiger partial charge in [0.15, 0.2) is 0 Å². The largest absolute Gasteiger partial charge is 0.399 e. The molecule has 2 atom stereocenters. The Hall–Kier alpha value is -2.94. The number of hydrogen-bond donors (Lipinski definition) is 2. The Bertz CT molecular complexity index is 780. The average Bonchev–Trinajstić information content (AvgIpc) is 3.27. The van der Waals surface area contributed by atoms with Gasteiger partial charge >= 0.3 is 0 Å². The Balaban J connectivity index is 1.69. The van der Waals surface area contributed by atoms with E-state index >= 15 is 0 Å². The lowest BCUT2D eigenvalue weighted by molar-refractivity contribution is -0.117. The Morgan fingerprint density at radius 2 is 2.27 bits per heavy atom. The number of nitriles is 1. The number of anilines is 2. The van der Waals surface area contributed by atoms with Gasteiger partial charge in [0, 0.05) is 35.1 Å². The van der Waals surface area contributed by atoms with E-state index in [1.165, 1.54) is 0 Å². The maximum atomic E-state index is 12.3. The molecule has 0 bridgehead atoms. The summed E-state index contributed by atoms with van der Waals surface area (Å²) in [6, 6.07) is 8.66. The van der Waals surface area contributed by atoms with Crippen molar-refractivity contribution in [1.29, 1.82) is 5.26 Å². The number of aryl methyl sites for hydroxylation is 1. The SMILES string of the molecule is Cc1ccnc([C@H]2C[C@@H]2C(=O)Nc2cc(N)cc(C#N)c2)n1. The minimum atomic E-state index is -0.131. The number of nitrogens with two attached hydrogens (primary N) is 1. The van der Waals surface area contributed by atoms with E-state index in [0.717, 1.165) is 12.1 Å². The maximum absolute atomic E-state index is 12.3.